The average Bonchev–Trinajstić information content (AvgIpc) is 2.37. The molecule has 6 heteroatoms. The van der Waals surface area contributed by atoms with Gasteiger partial charge in [-0.1, -0.05) is 11.6 Å². The molecule has 2 rings (SSSR count). The molecule has 1 aliphatic heterocycles. The SMILES string of the molecule is COc1cc(Cl)ccc1C(=O)N1CCCC(N)C1.Cl. The summed E-state index contributed by atoms with van der Waals surface area (Å²) in [6.45, 7) is 1.35. The van der Waals surface area contributed by atoms with E-state index < -0.39 is 0 Å². The van der Waals surface area contributed by atoms with Gasteiger partial charge in [0.1, 0.15) is 5.75 Å². The number of carbonyl (C=O) groups excluding carboxylic acids is 1. The van der Waals surface area contributed by atoms with Gasteiger partial charge in [0, 0.05) is 24.2 Å². The molecule has 1 aliphatic rings. The van der Waals surface area contributed by atoms with Crippen LogP contribution in [-0.4, -0.2) is 37.0 Å². The van der Waals surface area contributed by atoms with Gasteiger partial charge in [0.05, 0.1) is 12.7 Å². The Morgan fingerprint density at radius 2 is 2.26 bits per heavy atom. The summed E-state index contributed by atoms with van der Waals surface area (Å²) in [5.74, 6) is 0.463. The van der Waals surface area contributed by atoms with Crippen LogP contribution in [0.15, 0.2) is 18.2 Å². The molecule has 1 heterocycles. The van der Waals surface area contributed by atoms with Gasteiger partial charge in [0.25, 0.3) is 5.91 Å². The van der Waals surface area contributed by atoms with Crippen LogP contribution in [0.25, 0.3) is 0 Å². The first-order valence-corrected chi connectivity index (χ1v) is 6.38. The molecule has 1 fully saturated rings. The summed E-state index contributed by atoms with van der Waals surface area (Å²) in [4.78, 5) is 14.2. The highest BCUT2D eigenvalue weighted by Crippen LogP contribution is 2.25. The zero-order chi connectivity index (χ0) is 13.1. The van der Waals surface area contributed by atoms with Crippen molar-refractivity contribution < 1.29 is 9.53 Å². The van der Waals surface area contributed by atoms with E-state index in [0.717, 1.165) is 19.4 Å². The third kappa shape index (κ3) is 3.75. The molecule has 0 aliphatic carbocycles. The maximum atomic E-state index is 12.4. The number of nitrogens with two attached hydrogens (primary N) is 1. The van der Waals surface area contributed by atoms with Crippen LogP contribution in [-0.2, 0) is 0 Å². The lowest BCUT2D eigenvalue weighted by Gasteiger charge is -2.31. The Labute approximate surface area is 124 Å². The Morgan fingerprint density at radius 1 is 1.53 bits per heavy atom. The van der Waals surface area contributed by atoms with Crippen LogP contribution in [0.3, 0.4) is 0 Å². The van der Waals surface area contributed by atoms with Gasteiger partial charge in [-0.3, -0.25) is 4.79 Å². The number of piperidine rings is 1. The summed E-state index contributed by atoms with van der Waals surface area (Å²) in [5, 5.41) is 0.554. The Hall–Kier alpha value is -0.970. The van der Waals surface area contributed by atoms with Crippen LogP contribution in [0.1, 0.15) is 23.2 Å². The summed E-state index contributed by atoms with van der Waals surface area (Å²) in [6, 6.07) is 5.12. The average molecular weight is 305 g/mol. The van der Waals surface area contributed by atoms with Crippen molar-refractivity contribution in [2.45, 2.75) is 18.9 Å². The lowest BCUT2D eigenvalue weighted by molar-refractivity contribution is 0.0705. The Kier molecular flexibility index (Phi) is 5.91. The van der Waals surface area contributed by atoms with Gasteiger partial charge >= 0.3 is 0 Å². The van der Waals surface area contributed by atoms with E-state index in [0.29, 0.717) is 22.9 Å². The summed E-state index contributed by atoms with van der Waals surface area (Å²) in [7, 11) is 1.53. The number of likely N-dealkylation sites (tertiary alicyclic amines) is 1. The zero-order valence-electron chi connectivity index (χ0n) is 10.8. The number of hydrogen-bond donors (Lipinski definition) is 1. The second kappa shape index (κ2) is 6.98. The van der Waals surface area contributed by atoms with Gasteiger partial charge < -0.3 is 15.4 Å². The Morgan fingerprint density at radius 3 is 2.89 bits per heavy atom. The minimum absolute atomic E-state index is 0. The standard InChI is InChI=1S/C13H17ClN2O2.ClH/c1-18-12-7-9(14)4-5-11(12)13(17)16-6-2-3-10(15)8-16;/h4-5,7,10H,2-3,6,8,15H2,1H3;1H. The molecule has 0 radical (unpaired) electrons. The maximum Gasteiger partial charge on any atom is 0.257 e. The van der Waals surface area contributed by atoms with Gasteiger partial charge in [-0.2, -0.15) is 0 Å². The fourth-order valence-corrected chi connectivity index (χ4v) is 2.37. The first-order chi connectivity index (χ1) is 8.61. The van der Waals surface area contributed by atoms with Crippen LogP contribution >= 0.6 is 24.0 Å². The number of halogens is 2. The fraction of sp³-hybridized carbons (Fsp3) is 0.462. The van der Waals surface area contributed by atoms with E-state index in [9.17, 15) is 4.79 Å². The van der Waals surface area contributed by atoms with Crippen LogP contribution < -0.4 is 10.5 Å². The van der Waals surface area contributed by atoms with Gasteiger partial charge in [-0.05, 0) is 31.0 Å². The number of methoxy groups -OCH3 is 1. The predicted molar refractivity (Wildman–Crippen MR) is 78.4 cm³/mol. The van der Waals surface area contributed by atoms with Crippen molar-refractivity contribution in [3.8, 4) is 5.75 Å². The highest BCUT2D eigenvalue weighted by Gasteiger charge is 2.24. The number of hydrogen-bond acceptors (Lipinski definition) is 3. The van der Waals surface area contributed by atoms with E-state index in [1.807, 2.05) is 0 Å². The molecule has 19 heavy (non-hydrogen) atoms. The summed E-state index contributed by atoms with van der Waals surface area (Å²) in [5.41, 5.74) is 6.43. The molecule has 0 bridgehead atoms. The molecular formula is C13H18Cl2N2O2. The van der Waals surface area contributed by atoms with Crippen molar-refractivity contribution >= 4 is 29.9 Å². The quantitative estimate of drug-likeness (QED) is 0.912. The van der Waals surface area contributed by atoms with Crippen LogP contribution in [0, 0.1) is 0 Å². The van der Waals surface area contributed by atoms with E-state index >= 15 is 0 Å². The number of carbonyl (C=O) groups is 1. The lowest BCUT2D eigenvalue weighted by Crippen LogP contribution is -2.45. The molecule has 1 amide bonds. The molecule has 1 unspecified atom stereocenters. The molecule has 0 aromatic heterocycles. The minimum Gasteiger partial charge on any atom is -0.496 e. The monoisotopic (exact) mass is 304 g/mol. The second-order valence-corrected chi connectivity index (χ2v) is 4.93. The normalized spacial score (nSPS) is 18.7. The van der Waals surface area contributed by atoms with Crippen LogP contribution in [0.2, 0.25) is 5.02 Å². The molecule has 4 nitrogen and oxygen atoms in total. The van der Waals surface area contributed by atoms with Crippen molar-refractivity contribution in [2.75, 3.05) is 20.2 Å². The smallest absolute Gasteiger partial charge is 0.257 e. The predicted octanol–water partition coefficient (Wildman–Crippen LogP) is 2.33. The molecule has 106 valence electrons. The van der Waals surface area contributed by atoms with E-state index in [1.165, 1.54) is 7.11 Å². The van der Waals surface area contributed by atoms with Crippen molar-refractivity contribution in [2.24, 2.45) is 5.73 Å². The van der Waals surface area contributed by atoms with E-state index in [1.54, 1.807) is 23.1 Å². The lowest BCUT2D eigenvalue weighted by atomic mass is 10.0. The number of ether oxygens (including phenoxy) is 1. The Bertz CT molecular complexity index is 454. The summed E-state index contributed by atoms with van der Waals surface area (Å²) < 4.78 is 5.20. The van der Waals surface area contributed by atoms with E-state index in [-0.39, 0.29) is 24.4 Å². The molecule has 2 N–H and O–H groups in total. The third-order valence-electron chi connectivity index (χ3n) is 3.14. The highest BCUT2D eigenvalue weighted by atomic mass is 35.5. The number of amides is 1. The van der Waals surface area contributed by atoms with Gasteiger partial charge in [-0.25, -0.2) is 0 Å². The molecule has 1 aromatic rings. The fourth-order valence-electron chi connectivity index (χ4n) is 2.21. The van der Waals surface area contributed by atoms with Crippen LogP contribution in [0.4, 0.5) is 0 Å². The molecule has 0 saturated carbocycles. The van der Waals surface area contributed by atoms with Crippen molar-refractivity contribution in [1.82, 2.24) is 4.90 Å². The summed E-state index contributed by atoms with van der Waals surface area (Å²) >= 11 is 5.88. The molecule has 0 spiro atoms. The van der Waals surface area contributed by atoms with Crippen molar-refractivity contribution in [3.63, 3.8) is 0 Å². The Balaban J connectivity index is 0.00000180. The largest absolute Gasteiger partial charge is 0.496 e. The minimum atomic E-state index is -0.0429. The highest BCUT2D eigenvalue weighted by molar-refractivity contribution is 6.30. The van der Waals surface area contributed by atoms with E-state index in [4.69, 9.17) is 22.1 Å². The molecule has 1 aromatic carbocycles. The number of benzene rings is 1. The van der Waals surface area contributed by atoms with E-state index in [2.05, 4.69) is 0 Å². The summed E-state index contributed by atoms with van der Waals surface area (Å²) in [6.07, 6.45) is 1.92. The topological polar surface area (TPSA) is 55.6 Å². The second-order valence-electron chi connectivity index (χ2n) is 4.50. The molecule has 1 saturated heterocycles. The van der Waals surface area contributed by atoms with Gasteiger partial charge in [0.15, 0.2) is 0 Å². The zero-order valence-corrected chi connectivity index (χ0v) is 12.3. The number of rotatable bonds is 2. The maximum absolute atomic E-state index is 12.4. The van der Waals surface area contributed by atoms with Gasteiger partial charge in [0.2, 0.25) is 0 Å². The van der Waals surface area contributed by atoms with Gasteiger partial charge in [-0.15, -0.1) is 12.4 Å². The third-order valence-corrected chi connectivity index (χ3v) is 3.37. The van der Waals surface area contributed by atoms with Crippen LogP contribution in [0.5, 0.6) is 5.75 Å². The van der Waals surface area contributed by atoms with Crippen molar-refractivity contribution in [1.29, 1.82) is 0 Å². The molecular weight excluding hydrogens is 287 g/mol. The molecule has 1 atom stereocenters. The van der Waals surface area contributed by atoms with Crippen molar-refractivity contribution in [3.05, 3.63) is 28.8 Å². The first-order valence-electron chi connectivity index (χ1n) is 6.00. The first kappa shape index (κ1) is 16.1. The number of nitrogens with zero attached hydrogens (tertiary/aromatic N) is 1.